The lowest BCUT2D eigenvalue weighted by atomic mass is 9.95. The summed E-state index contributed by atoms with van der Waals surface area (Å²) in [6, 6.07) is 9.94. The number of hydrogen-bond donors (Lipinski definition) is 3. The molecule has 12 heteroatoms. The molecule has 2 aromatic rings. The van der Waals surface area contributed by atoms with Crippen molar-refractivity contribution >= 4 is 51.4 Å². The van der Waals surface area contributed by atoms with Crippen LogP contribution in [0.5, 0.6) is 17.2 Å². The van der Waals surface area contributed by atoms with Crippen LogP contribution in [-0.4, -0.2) is 50.1 Å². The predicted molar refractivity (Wildman–Crippen MR) is 155 cm³/mol. The second kappa shape index (κ2) is 14.3. The maximum absolute atomic E-state index is 12.7. The van der Waals surface area contributed by atoms with E-state index >= 15 is 0 Å². The van der Waals surface area contributed by atoms with Gasteiger partial charge in [0.2, 0.25) is 0 Å². The number of esters is 1. The van der Waals surface area contributed by atoms with Crippen molar-refractivity contribution in [2.24, 2.45) is 5.10 Å². The molecule has 0 unspecified atom stereocenters. The van der Waals surface area contributed by atoms with Crippen molar-refractivity contribution < 1.29 is 28.5 Å². The van der Waals surface area contributed by atoms with Crippen molar-refractivity contribution in [3.8, 4) is 17.2 Å². The summed E-state index contributed by atoms with van der Waals surface area (Å²) >= 11 is 8.75. The number of benzene rings is 2. The number of para-hydroxylation sites is 1. The van der Waals surface area contributed by atoms with E-state index in [0.717, 1.165) is 0 Å². The first kappa shape index (κ1) is 29.7. The highest BCUT2D eigenvalue weighted by Crippen LogP contribution is 2.36. The lowest BCUT2D eigenvalue weighted by molar-refractivity contribution is -0.139. The summed E-state index contributed by atoms with van der Waals surface area (Å²) in [5.41, 5.74) is 4.67. The number of amides is 1. The Kier molecular flexibility index (Phi) is 10.9. The Morgan fingerprint density at radius 2 is 2.00 bits per heavy atom. The molecule has 0 aliphatic carbocycles. The average Bonchev–Trinajstić information content (AvgIpc) is 2.90. The van der Waals surface area contributed by atoms with Gasteiger partial charge in [-0.1, -0.05) is 30.9 Å². The van der Waals surface area contributed by atoms with Gasteiger partial charge in [0.1, 0.15) is 12.4 Å². The van der Waals surface area contributed by atoms with Crippen LogP contribution < -0.4 is 30.3 Å². The van der Waals surface area contributed by atoms with Crippen LogP contribution in [-0.2, 0) is 14.3 Å². The highest BCUT2D eigenvalue weighted by atomic mass is 79.9. The number of ether oxygens (including phenoxy) is 4. The maximum Gasteiger partial charge on any atom is 0.338 e. The monoisotopic (exact) mass is 616 g/mol. The molecule has 1 amide bonds. The molecular weight excluding hydrogens is 588 g/mol. The quantitative estimate of drug-likeness (QED) is 0.107. The van der Waals surface area contributed by atoms with Crippen LogP contribution in [0.4, 0.5) is 0 Å². The first-order valence-corrected chi connectivity index (χ1v) is 13.1. The molecule has 1 heterocycles. The van der Waals surface area contributed by atoms with Gasteiger partial charge >= 0.3 is 5.97 Å². The molecule has 2 aromatic carbocycles. The highest BCUT2D eigenvalue weighted by molar-refractivity contribution is 9.10. The molecule has 0 radical (unpaired) electrons. The number of nitrogens with zero attached hydrogens (tertiary/aromatic N) is 1. The van der Waals surface area contributed by atoms with Crippen LogP contribution in [0.3, 0.4) is 0 Å². The van der Waals surface area contributed by atoms with Crippen LogP contribution in [0.25, 0.3) is 0 Å². The third kappa shape index (κ3) is 7.80. The van der Waals surface area contributed by atoms with E-state index in [1.807, 2.05) is 0 Å². The first-order valence-electron chi connectivity index (χ1n) is 11.9. The Morgan fingerprint density at radius 1 is 1.23 bits per heavy atom. The molecule has 0 spiro atoms. The Morgan fingerprint density at radius 3 is 2.72 bits per heavy atom. The summed E-state index contributed by atoms with van der Waals surface area (Å²) in [5, 5.41) is 10.4. The van der Waals surface area contributed by atoms with Crippen LogP contribution in [0.1, 0.15) is 31.0 Å². The number of carbonyl (C=O) groups is 2. The lowest BCUT2D eigenvalue weighted by Crippen LogP contribution is -2.45. The zero-order valence-electron chi connectivity index (χ0n) is 21.7. The Hall–Kier alpha value is -3.90. The number of methoxy groups -OCH3 is 1. The Bertz CT molecular complexity index is 1310. The number of hydrazone groups is 1. The second-order valence-corrected chi connectivity index (χ2v) is 9.31. The number of hydrogen-bond acceptors (Lipinski definition) is 8. The molecule has 206 valence electrons. The minimum absolute atomic E-state index is 0.225. The minimum atomic E-state index is -0.623. The van der Waals surface area contributed by atoms with E-state index in [9.17, 15) is 9.59 Å². The Labute approximate surface area is 240 Å². The third-order valence-electron chi connectivity index (χ3n) is 5.35. The smallest absolute Gasteiger partial charge is 0.338 e. The summed E-state index contributed by atoms with van der Waals surface area (Å²) in [6.45, 7) is 7.35. The molecule has 1 atom stereocenters. The molecular formula is C27H29BrN4O6S. The number of thiocarbonyl (C=S) groups is 1. The van der Waals surface area contributed by atoms with Gasteiger partial charge < -0.3 is 29.6 Å². The molecule has 0 bridgehead atoms. The molecule has 1 aliphatic rings. The van der Waals surface area contributed by atoms with E-state index in [1.165, 1.54) is 13.3 Å². The normalized spacial score (nSPS) is 14.8. The van der Waals surface area contributed by atoms with Gasteiger partial charge in [-0.3, -0.25) is 4.79 Å². The molecule has 3 rings (SSSR count). The predicted octanol–water partition coefficient (Wildman–Crippen LogP) is 3.91. The molecule has 0 fully saturated rings. The summed E-state index contributed by atoms with van der Waals surface area (Å²) in [6.07, 6.45) is 3.10. The number of carbonyl (C=O) groups excluding carboxylic acids is 2. The summed E-state index contributed by atoms with van der Waals surface area (Å²) in [4.78, 5) is 25.2. The number of nitrogens with one attached hydrogen (secondary N) is 3. The van der Waals surface area contributed by atoms with Crippen LogP contribution in [0, 0.1) is 0 Å². The van der Waals surface area contributed by atoms with E-state index in [2.05, 4.69) is 43.7 Å². The molecule has 3 N–H and O–H groups in total. The van der Waals surface area contributed by atoms with Crippen molar-refractivity contribution in [3.63, 3.8) is 0 Å². The molecule has 0 saturated carbocycles. The summed E-state index contributed by atoms with van der Waals surface area (Å²) < 4.78 is 22.7. The van der Waals surface area contributed by atoms with E-state index in [0.29, 0.717) is 55.8 Å². The van der Waals surface area contributed by atoms with Gasteiger partial charge in [-0.05, 0) is 65.8 Å². The first-order chi connectivity index (χ1) is 18.8. The Balaban J connectivity index is 1.69. The fraction of sp³-hybridized carbons (Fsp3) is 0.259. The van der Waals surface area contributed by atoms with Crippen molar-refractivity contribution in [3.05, 3.63) is 75.9 Å². The second-order valence-electron chi connectivity index (χ2n) is 8.04. The fourth-order valence-corrected chi connectivity index (χ4v) is 4.55. The van der Waals surface area contributed by atoms with E-state index < -0.39 is 17.9 Å². The molecule has 10 nitrogen and oxygen atoms in total. The third-order valence-corrected chi connectivity index (χ3v) is 6.16. The van der Waals surface area contributed by atoms with Crippen molar-refractivity contribution in [2.75, 3.05) is 26.9 Å². The molecule has 39 heavy (non-hydrogen) atoms. The lowest BCUT2D eigenvalue weighted by Gasteiger charge is -2.30. The molecule has 1 aliphatic heterocycles. The van der Waals surface area contributed by atoms with E-state index in [4.69, 9.17) is 31.2 Å². The van der Waals surface area contributed by atoms with E-state index in [1.54, 1.807) is 56.3 Å². The number of rotatable bonds is 12. The van der Waals surface area contributed by atoms with E-state index in [-0.39, 0.29) is 13.2 Å². The van der Waals surface area contributed by atoms with Crippen LogP contribution in [0.2, 0.25) is 0 Å². The van der Waals surface area contributed by atoms with Crippen molar-refractivity contribution in [2.45, 2.75) is 19.9 Å². The zero-order valence-corrected chi connectivity index (χ0v) is 24.1. The summed E-state index contributed by atoms with van der Waals surface area (Å²) in [7, 11) is 1.53. The number of halogens is 1. The summed E-state index contributed by atoms with van der Waals surface area (Å²) in [5.74, 6) is 0.469. The zero-order chi connectivity index (χ0) is 28.4. The maximum atomic E-state index is 12.7. The SMILES string of the molecule is C=CCOc1c(Br)cc(C=NNC(=O)COc2ccccc2[C@H]2NC(=S)NC(C)=C2C(=O)OCC)cc1OC. The van der Waals surface area contributed by atoms with Crippen LogP contribution >= 0.6 is 28.1 Å². The van der Waals surface area contributed by atoms with Gasteiger partial charge in [0.05, 0.1) is 36.0 Å². The van der Waals surface area contributed by atoms with Crippen molar-refractivity contribution in [1.82, 2.24) is 16.1 Å². The standard InChI is InChI=1S/C27H29BrN4O6S/c1-5-11-37-25-19(28)12-17(13-21(25)35-4)14-29-32-22(33)15-38-20-10-8-7-9-18(20)24-23(26(34)36-6-2)16(3)30-27(39)31-24/h5,7-10,12-14,24H,1,6,11,15H2,2-4H3,(H,32,33)(H2,30,31,39)/t24-/m1/s1. The largest absolute Gasteiger partial charge is 0.493 e. The van der Waals surface area contributed by atoms with Gasteiger partial charge in [0.15, 0.2) is 23.2 Å². The van der Waals surface area contributed by atoms with Crippen LogP contribution in [0.15, 0.2) is 69.9 Å². The fourth-order valence-electron chi connectivity index (χ4n) is 3.71. The topological polar surface area (TPSA) is 120 Å². The number of allylic oxidation sites excluding steroid dienone is 1. The average molecular weight is 618 g/mol. The van der Waals surface area contributed by atoms with Gasteiger partial charge in [-0.25, -0.2) is 10.2 Å². The van der Waals surface area contributed by atoms with Crippen molar-refractivity contribution in [1.29, 1.82) is 0 Å². The highest BCUT2D eigenvalue weighted by Gasteiger charge is 2.32. The van der Waals surface area contributed by atoms with Gasteiger partial charge in [0, 0.05) is 11.3 Å². The minimum Gasteiger partial charge on any atom is -0.493 e. The van der Waals surface area contributed by atoms with Gasteiger partial charge in [0.25, 0.3) is 5.91 Å². The van der Waals surface area contributed by atoms with Gasteiger partial charge in [-0.15, -0.1) is 0 Å². The molecule has 0 saturated heterocycles. The molecule has 0 aromatic heterocycles. The van der Waals surface area contributed by atoms with Gasteiger partial charge in [-0.2, -0.15) is 5.10 Å².